The molecule has 1 aromatic rings. The van der Waals surface area contributed by atoms with E-state index in [1.807, 2.05) is 0 Å². The number of carbonyl (C=O) groups excluding carboxylic acids is 1. The Morgan fingerprint density at radius 2 is 1.89 bits per heavy atom. The predicted molar refractivity (Wildman–Crippen MR) is 62.6 cm³/mol. The minimum absolute atomic E-state index is 0.0249. The number of halogens is 2. The fourth-order valence-corrected chi connectivity index (χ4v) is 2.42. The largest absolute Gasteiger partial charge is 0.586 e. The summed E-state index contributed by atoms with van der Waals surface area (Å²) in [7, 11) is 0. The molecule has 0 saturated carbocycles. The molecule has 19 heavy (non-hydrogen) atoms. The van der Waals surface area contributed by atoms with Crippen molar-refractivity contribution in [3.63, 3.8) is 0 Å². The first-order valence-electron chi connectivity index (χ1n) is 6.20. The first kappa shape index (κ1) is 12.3. The minimum Gasteiger partial charge on any atom is -0.395 e. The number of Topliss-reactive ketones (excluding diaryl/α,β-unsaturated/α-hetero) is 1. The predicted octanol–water partition coefficient (Wildman–Crippen LogP) is 2.19. The van der Waals surface area contributed by atoms with Crippen molar-refractivity contribution >= 4 is 5.78 Å². The second-order valence-electron chi connectivity index (χ2n) is 4.72. The third kappa shape index (κ3) is 2.40. The molecular weight excluding hydrogens is 256 g/mol. The van der Waals surface area contributed by atoms with E-state index in [9.17, 15) is 13.6 Å². The summed E-state index contributed by atoms with van der Waals surface area (Å²) in [5.74, 6) is -0.193. The molecule has 1 N–H and O–H groups in total. The summed E-state index contributed by atoms with van der Waals surface area (Å²) in [6.45, 7) is 1.61. The fourth-order valence-electron chi connectivity index (χ4n) is 2.42. The summed E-state index contributed by atoms with van der Waals surface area (Å²) >= 11 is 0. The Labute approximate surface area is 108 Å². The van der Waals surface area contributed by atoms with E-state index in [1.165, 1.54) is 18.2 Å². The number of ether oxygens (including phenoxy) is 2. The molecule has 3 rings (SSSR count). The first-order chi connectivity index (χ1) is 9.05. The van der Waals surface area contributed by atoms with Gasteiger partial charge in [0.1, 0.15) is 0 Å². The van der Waals surface area contributed by atoms with Gasteiger partial charge in [-0.05, 0) is 44.1 Å². The lowest BCUT2D eigenvalue weighted by molar-refractivity contribution is -0.286. The molecule has 2 aliphatic rings. The smallest absolute Gasteiger partial charge is 0.395 e. The molecule has 1 fully saturated rings. The zero-order chi connectivity index (χ0) is 13.5. The Hall–Kier alpha value is -1.69. The van der Waals surface area contributed by atoms with Crippen molar-refractivity contribution in [2.45, 2.75) is 19.1 Å². The van der Waals surface area contributed by atoms with Crippen molar-refractivity contribution in [3.05, 3.63) is 23.8 Å². The average Bonchev–Trinajstić information content (AvgIpc) is 2.71. The quantitative estimate of drug-likeness (QED) is 0.836. The van der Waals surface area contributed by atoms with Crippen LogP contribution in [0.5, 0.6) is 11.5 Å². The highest BCUT2D eigenvalue weighted by atomic mass is 19.3. The third-order valence-corrected chi connectivity index (χ3v) is 3.40. The van der Waals surface area contributed by atoms with Crippen LogP contribution in [-0.4, -0.2) is 25.2 Å². The van der Waals surface area contributed by atoms with Gasteiger partial charge in [-0.3, -0.25) is 4.79 Å². The van der Waals surface area contributed by atoms with E-state index in [1.54, 1.807) is 0 Å². The average molecular weight is 269 g/mol. The summed E-state index contributed by atoms with van der Waals surface area (Å²) in [6, 6.07) is 4.19. The van der Waals surface area contributed by atoms with Gasteiger partial charge in [0.05, 0.1) is 0 Å². The van der Waals surface area contributed by atoms with Crippen molar-refractivity contribution in [3.8, 4) is 11.5 Å². The molecule has 1 aromatic carbocycles. The van der Waals surface area contributed by atoms with E-state index in [4.69, 9.17) is 0 Å². The number of nitrogens with one attached hydrogen (secondary N) is 1. The van der Waals surface area contributed by atoms with Crippen LogP contribution in [0.15, 0.2) is 18.2 Å². The molecule has 2 heterocycles. The molecule has 0 bridgehead atoms. The molecular formula is C13H13F2NO3. The fraction of sp³-hybridized carbons (Fsp3) is 0.462. The number of ketones is 1. The van der Waals surface area contributed by atoms with Crippen molar-refractivity contribution in [1.82, 2.24) is 5.32 Å². The number of carbonyl (C=O) groups is 1. The van der Waals surface area contributed by atoms with Crippen LogP contribution in [0.3, 0.4) is 0 Å². The van der Waals surface area contributed by atoms with Crippen LogP contribution < -0.4 is 14.8 Å². The Kier molecular flexibility index (Phi) is 2.89. The highest BCUT2D eigenvalue weighted by molar-refractivity contribution is 5.98. The number of rotatable bonds is 2. The van der Waals surface area contributed by atoms with E-state index < -0.39 is 6.29 Å². The maximum absolute atomic E-state index is 12.9. The number of fused-ring (bicyclic) bond motifs is 1. The second-order valence-corrected chi connectivity index (χ2v) is 4.72. The second kappa shape index (κ2) is 4.45. The van der Waals surface area contributed by atoms with Gasteiger partial charge in [-0.15, -0.1) is 8.78 Å². The topological polar surface area (TPSA) is 47.6 Å². The molecule has 4 nitrogen and oxygen atoms in total. The molecule has 6 heteroatoms. The van der Waals surface area contributed by atoms with Gasteiger partial charge in [0, 0.05) is 11.5 Å². The van der Waals surface area contributed by atoms with Crippen LogP contribution in [-0.2, 0) is 0 Å². The highest BCUT2D eigenvalue weighted by Crippen LogP contribution is 2.41. The molecule has 0 radical (unpaired) electrons. The monoisotopic (exact) mass is 269 g/mol. The molecule has 0 atom stereocenters. The number of piperidine rings is 1. The van der Waals surface area contributed by atoms with Gasteiger partial charge < -0.3 is 14.8 Å². The molecule has 0 aliphatic carbocycles. The number of hydrogen-bond acceptors (Lipinski definition) is 4. The summed E-state index contributed by atoms with van der Waals surface area (Å²) in [6.07, 6.45) is -2.11. The Balaban J connectivity index is 1.81. The lowest BCUT2D eigenvalue weighted by atomic mass is 9.89. The van der Waals surface area contributed by atoms with Gasteiger partial charge in [-0.2, -0.15) is 0 Å². The molecule has 1 saturated heterocycles. The van der Waals surface area contributed by atoms with E-state index in [-0.39, 0.29) is 23.2 Å². The van der Waals surface area contributed by atoms with E-state index in [0.717, 1.165) is 25.9 Å². The first-order valence-corrected chi connectivity index (χ1v) is 6.20. The highest BCUT2D eigenvalue weighted by Gasteiger charge is 2.43. The molecule has 0 aromatic heterocycles. The summed E-state index contributed by atoms with van der Waals surface area (Å²) in [4.78, 5) is 12.2. The van der Waals surface area contributed by atoms with Gasteiger partial charge in [0.2, 0.25) is 0 Å². The number of benzene rings is 1. The lowest BCUT2D eigenvalue weighted by Gasteiger charge is -2.21. The normalized spacial score (nSPS) is 21.4. The van der Waals surface area contributed by atoms with Crippen molar-refractivity contribution in [2.24, 2.45) is 5.92 Å². The SMILES string of the molecule is O=C(c1ccc2c(c1)OC(F)(F)O2)C1CCNCC1. The van der Waals surface area contributed by atoms with Crippen LogP contribution >= 0.6 is 0 Å². The van der Waals surface area contributed by atoms with Crippen molar-refractivity contribution in [1.29, 1.82) is 0 Å². The van der Waals surface area contributed by atoms with Crippen LogP contribution in [0.4, 0.5) is 8.78 Å². The molecule has 0 unspecified atom stereocenters. The zero-order valence-corrected chi connectivity index (χ0v) is 10.1. The minimum atomic E-state index is -3.64. The van der Waals surface area contributed by atoms with Gasteiger partial charge in [-0.25, -0.2) is 0 Å². The van der Waals surface area contributed by atoms with Crippen LogP contribution in [0.25, 0.3) is 0 Å². The standard InChI is InChI=1S/C13H13F2NO3/c14-13(15)18-10-2-1-9(7-11(10)19-13)12(17)8-3-5-16-6-4-8/h1-2,7-8,16H,3-6H2. The van der Waals surface area contributed by atoms with Crippen LogP contribution in [0.2, 0.25) is 0 Å². The summed E-state index contributed by atoms with van der Waals surface area (Å²) < 4.78 is 34.4. The zero-order valence-electron chi connectivity index (χ0n) is 10.1. The van der Waals surface area contributed by atoms with Gasteiger partial charge in [0.15, 0.2) is 17.3 Å². The summed E-state index contributed by atoms with van der Waals surface area (Å²) in [5.41, 5.74) is 0.395. The molecule has 2 aliphatic heterocycles. The van der Waals surface area contributed by atoms with Gasteiger partial charge in [0.25, 0.3) is 0 Å². The number of hydrogen-bond donors (Lipinski definition) is 1. The van der Waals surface area contributed by atoms with Gasteiger partial charge >= 0.3 is 6.29 Å². The Morgan fingerprint density at radius 1 is 1.21 bits per heavy atom. The lowest BCUT2D eigenvalue weighted by Crippen LogP contribution is -2.31. The van der Waals surface area contributed by atoms with Gasteiger partial charge in [-0.1, -0.05) is 0 Å². The molecule has 0 spiro atoms. The van der Waals surface area contributed by atoms with E-state index >= 15 is 0 Å². The van der Waals surface area contributed by atoms with Crippen LogP contribution in [0, 0.1) is 5.92 Å². The summed E-state index contributed by atoms with van der Waals surface area (Å²) in [5, 5.41) is 3.18. The maximum atomic E-state index is 12.9. The Bertz CT molecular complexity index is 513. The van der Waals surface area contributed by atoms with Crippen molar-refractivity contribution < 1.29 is 23.0 Å². The molecule has 102 valence electrons. The van der Waals surface area contributed by atoms with E-state index in [2.05, 4.69) is 14.8 Å². The van der Waals surface area contributed by atoms with Crippen molar-refractivity contribution in [2.75, 3.05) is 13.1 Å². The Morgan fingerprint density at radius 3 is 2.63 bits per heavy atom. The maximum Gasteiger partial charge on any atom is 0.586 e. The van der Waals surface area contributed by atoms with E-state index in [0.29, 0.717) is 5.56 Å². The molecule has 0 amide bonds. The number of alkyl halides is 2. The van der Waals surface area contributed by atoms with Crippen LogP contribution in [0.1, 0.15) is 23.2 Å². The third-order valence-electron chi connectivity index (χ3n) is 3.40.